The van der Waals surface area contributed by atoms with Crippen molar-refractivity contribution < 1.29 is 23.9 Å². The quantitative estimate of drug-likeness (QED) is 0.272. The van der Waals surface area contributed by atoms with Gasteiger partial charge in [-0.25, -0.2) is 0 Å². The third-order valence-corrected chi connectivity index (χ3v) is 2.53. The number of Topliss-reactive ketones (excluding diaryl/α,β-unsaturated/α-hetero) is 1. The molecule has 0 fully saturated rings. The van der Waals surface area contributed by atoms with E-state index in [1.165, 1.54) is 14.0 Å². The lowest BCUT2D eigenvalue weighted by Gasteiger charge is -2.16. The molecule has 0 aromatic carbocycles. The van der Waals surface area contributed by atoms with Crippen LogP contribution >= 0.6 is 12.6 Å². The van der Waals surface area contributed by atoms with E-state index in [9.17, 15) is 14.4 Å². The van der Waals surface area contributed by atoms with E-state index in [0.717, 1.165) is 6.21 Å². The lowest BCUT2D eigenvalue weighted by atomic mass is 10.1. The van der Waals surface area contributed by atoms with Crippen LogP contribution in [0.15, 0.2) is 0 Å². The number of thiol groups is 1. The highest BCUT2D eigenvalue weighted by atomic mass is 32.1. The molecule has 0 radical (unpaired) electrons. The number of methoxy groups -OCH3 is 1. The highest BCUT2D eigenvalue weighted by molar-refractivity contribution is 7.96. The predicted octanol–water partition coefficient (Wildman–Crippen LogP) is -0.388. The van der Waals surface area contributed by atoms with E-state index < -0.39 is 29.0 Å². The summed E-state index contributed by atoms with van der Waals surface area (Å²) in [6, 6.07) is -0.880. The topological polar surface area (TPSA) is 109 Å². The van der Waals surface area contributed by atoms with Gasteiger partial charge in [0.2, 0.25) is 16.8 Å². The van der Waals surface area contributed by atoms with Crippen LogP contribution in [-0.2, 0) is 19.1 Å². The van der Waals surface area contributed by atoms with Crippen LogP contribution in [0.4, 0.5) is 0 Å². The maximum absolute atomic E-state index is 11.5. The Morgan fingerprint density at radius 1 is 1.50 bits per heavy atom. The average molecular weight is 273 g/mol. The molecule has 0 heterocycles. The fraction of sp³-hybridized carbons (Fsp3) is 0.600. The first kappa shape index (κ1) is 16.5. The standard InChI is InChI=1S/C10H15N3O4S/c1-6(17-2)9(15)13-8(10(16)18)4-3-7(14)5-12-11/h5-6,8H,3-4H2,1-2H3,(H,13,15)(H,16,18)/t6-,8-/m0/s1. The van der Waals surface area contributed by atoms with E-state index in [1.807, 2.05) is 0 Å². The third-order valence-electron chi connectivity index (χ3n) is 2.22. The van der Waals surface area contributed by atoms with Crippen molar-refractivity contribution in [1.29, 1.82) is 0 Å². The molecule has 100 valence electrons. The summed E-state index contributed by atoms with van der Waals surface area (Å²) in [5.74, 6) is -0.917. The molecule has 18 heavy (non-hydrogen) atoms. The minimum Gasteiger partial charge on any atom is -0.372 e. The highest BCUT2D eigenvalue weighted by Crippen LogP contribution is 2.03. The van der Waals surface area contributed by atoms with Gasteiger partial charge in [0.05, 0.1) is 6.04 Å². The van der Waals surface area contributed by atoms with Crippen LogP contribution in [-0.4, -0.2) is 47.1 Å². The minimum atomic E-state index is -0.880. The van der Waals surface area contributed by atoms with Gasteiger partial charge in [-0.3, -0.25) is 14.4 Å². The molecule has 1 amide bonds. The second kappa shape index (κ2) is 8.57. The van der Waals surface area contributed by atoms with Gasteiger partial charge in [0, 0.05) is 13.5 Å². The summed E-state index contributed by atoms with van der Waals surface area (Å²) in [6.07, 6.45) is 0.0763. The summed E-state index contributed by atoms with van der Waals surface area (Å²) in [6.45, 7) is 1.53. The summed E-state index contributed by atoms with van der Waals surface area (Å²) >= 11 is 3.63. The molecule has 7 nitrogen and oxygen atoms in total. The van der Waals surface area contributed by atoms with E-state index in [1.54, 1.807) is 0 Å². The van der Waals surface area contributed by atoms with Gasteiger partial charge < -0.3 is 15.6 Å². The van der Waals surface area contributed by atoms with Crippen LogP contribution < -0.4 is 5.32 Å². The summed E-state index contributed by atoms with van der Waals surface area (Å²) in [4.78, 5) is 36.3. The molecule has 0 spiro atoms. The van der Waals surface area contributed by atoms with Crippen LogP contribution in [0.5, 0.6) is 0 Å². The van der Waals surface area contributed by atoms with Crippen molar-refractivity contribution in [3.05, 3.63) is 5.53 Å². The number of carbonyl (C=O) groups is 3. The van der Waals surface area contributed by atoms with Gasteiger partial charge in [-0.15, -0.1) is 12.6 Å². The fourth-order valence-corrected chi connectivity index (χ4v) is 1.26. The van der Waals surface area contributed by atoms with Crippen LogP contribution in [0, 0.1) is 0 Å². The predicted molar refractivity (Wildman–Crippen MR) is 66.3 cm³/mol. The van der Waals surface area contributed by atoms with Crippen LogP contribution in [0.1, 0.15) is 19.8 Å². The lowest BCUT2D eigenvalue weighted by molar-refractivity contribution is -0.132. The van der Waals surface area contributed by atoms with Crippen molar-refractivity contribution in [2.24, 2.45) is 0 Å². The average Bonchev–Trinajstić information content (AvgIpc) is 2.32. The van der Waals surface area contributed by atoms with E-state index in [-0.39, 0.29) is 12.8 Å². The first-order valence-electron chi connectivity index (χ1n) is 5.18. The SMILES string of the molecule is CO[C@@H](C)C(=O)N[C@@H](CCC(=O)C=[N+]=[N-])C(=O)S. The van der Waals surface area contributed by atoms with Crippen LogP contribution in [0.25, 0.3) is 5.53 Å². The Kier molecular flexibility index (Phi) is 7.86. The zero-order valence-corrected chi connectivity index (χ0v) is 11.0. The van der Waals surface area contributed by atoms with Crippen molar-refractivity contribution in [2.45, 2.75) is 31.9 Å². The van der Waals surface area contributed by atoms with Gasteiger partial charge in [0.1, 0.15) is 6.10 Å². The Labute approximate surface area is 110 Å². The Balaban J connectivity index is 4.41. The molecule has 2 atom stereocenters. The number of carbonyl (C=O) groups excluding carboxylic acids is 3. The van der Waals surface area contributed by atoms with E-state index >= 15 is 0 Å². The van der Waals surface area contributed by atoms with E-state index in [0.29, 0.717) is 0 Å². The largest absolute Gasteiger partial charge is 0.372 e. The molecule has 0 aromatic heterocycles. The van der Waals surface area contributed by atoms with Gasteiger partial charge >= 0.3 is 6.21 Å². The summed E-state index contributed by atoms with van der Waals surface area (Å²) in [7, 11) is 1.36. The van der Waals surface area contributed by atoms with Gasteiger partial charge in [-0.05, 0) is 13.3 Å². The van der Waals surface area contributed by atoms with E-state index in [2.05, 4.69) is 22.7 Å². The van der Waals surface area contributed by atoms with Crippen molar-refractivity contribution in [3.8, 4) is 0 Å². The van der Waals surface area contributed by atoms with Gasteiger partial charge in [0.25, 0.3) is 0 Å². The molecular formula is C10H15N3O4S. The Morgan fingerprint density at radius 2 is 2.11 bits per heavy atom. The van der Waals surface area contributed by atoms with Gasteiger partial charge in [-0.2, -0.15) is 4.79 Å². The monoisotopic (exact) mass is 273 g/mol. The van der Waals surface area contributed by atoms with Crippen molar-refractivity contribution in [2.75, 3.05) is 7.11 Å². The second-order valence-electron chi connectivity index (χ2n) is 3.53. The molecule has 0 aromatic rings. The molecule has 0 rings (SSSR count). The maximum atomic E-state index is 11.5. The summed E-state index contributed by atoms with van der Waals surface area (Å²) < 4.78 is 4.79. The number of amides is 1. The molecule has 0 unspecified atom stereocenters. The summed E-state index contributed by atoms with van der Waals surface area (Å²) in [5.41, 5.74) is 8.14. The van der Waals surface area contributed by atoms with Crippen LogP contribution in [0.2, 0.25) is 0 Å². The maximum Gasteiger partial charge on any atom is 0.323 e. The van der Waals surface area contributed by atoms with Crippen LogP contribution in [0.3, 0.4) is 0 Å². The molecule has 1 N–H and O–H groups in total. The Bertz CT molecular complexity index is 379. The number of nitrogens with zero attached hydrogens (tertiary/aromatic N) is 2. The van der Waals surface area contributed by atoms with E-state index in [4.69, 9.17) is 10.3 Å². The highest BCUT2D eigenvalue weighted by Gasteiger charge is 2.22. The molecule has 0 bridgehead atoms. The lowest BCUT2D eigenvalue weighted by Crippen LogP contribution is -2.44. The zero-order valence-electron chi connectivity index (χ0n) is 10.1. The van der Waals surface area contributed by atoms with Gasteiger partial charge in [-0.1, -0.05) is 0 Å². The van der Waals surface area contributed by atoms with Crippen molar-refractivity contribution in [3.63, 3.8) is 0 Å². The molecule has 0 saturated carbocycles. The van der Waals surface area contributed by atoms with Crippen molar-refractivity contribution >= 4 is 35.6 Å². The fourth-order valence-electron chi connectivity index (χ4n) is 1.07. The molecule has 0 aliphatic heterocycles. The Hall–Kier alpha value is -1.50. The Morgan fingerprint density at radius 3 is 2.56 bits per heavy atom. The number of ether oxygens (including phenoxy) is 1. The molecule has 0 aliphatic rings. The minimum absolute atomic E-state index is 0.0390. The normalized spacial score (nSPS) is 13.1. The number of hydrogen-bond donors (Lipinski definition) is 2. The number of hydrogen-bond acceptors (Lipinski definition) is 4. The zero-order chi connectivity index (χ0) is 14.1. The first-order valence-corrected chi connectivity index (χ1v) is 5.63. The molecule has 0 saturated heterocycles. The smallest absolute Gasteiger partial charge is 0.323 e. The third kappa shape index (κ3) is 6.29. The second-order valence-corrected chi connectivity index (χ2v) is 3.97. The molecular weight excluding hydrogens is 258 g/mol. The number of rotatable bonds is 8. The summed E-state index contributed by atoms with van der Waals surface area (Å²) in [5, 5.41) is 1.86. The first-order chi connectivity index (χ1) is 8.42. The number of ketones is 1. The van der Waals surface area contributed by atoms with Crippen molar-refractivity contribution in [1.82, 2.24) is 5.32 Å². The molecule has 8 heteroatoms. The molecule has 0 aliphatic carbocycles. The number of nitrogens with one attached hydrogen (secondary N) is 1. The van der Waals surface area contributed by atoms with Gasteiger partial charge in [0.15, 0.2) is 0 Å².